The second-order valence-electron chi connectivity index (χ2n) is 16.3. The highest BCUT2D eigenvalue weighted by Crippen LogP contribution is 2.32. The summed E-state index contributed by atoms with van der Waals surface area (Å²) in [6.45, 7) is 10.3. The summed E-state index contributed by atoms with van der Waals surface area (Å²) in [5.74, 6) is -0.387. The number of fused-ring (bicyclic) bond motifs is 2. The van der Waals surface area contributed by atoms with Crippen molar-refractivity contribution in [3.63, 3.8) is 0 Å². The normalized spacial score (nSPS) is 21.3. The van der Waals surface area contributed by atoms with Crippen LogP contribution in [0.1, 0.15) is 39.9 Å². The number of urea groups is 1. The zero-order valence-corrected chi connectivity index (χ0v) is 34.1. The van der Waals surface area contributed by atoms with Gasteiger partial charge < -0.3 is 34.6 Å². The van der Waals surface area contributed by atoms with Gasteiger partial charge in [0.15, 0.2) is 0 Å². The number of piperazine rings is 2. The first-order chi connectivity index (χ1) is 28.6. The first kappa shape index (κ1) is 40.1. The molecule has 0 aliphatic carbocycles. The first-order valence-electron chi connectivity index (χ1n) is 20.7. The Labute approximate surface area is 345 Å². The number of piperidine rings is 1. The van der Waals surface area contributed by atoms with Crippen molar-refractivity contribution in [2.24, 2.45) is 7.05 Å². The Kier molecular flexibility index (Phi) is 11.7. The summed E-state index contributed by atoms with van der Waals surface area (Å²) in [4.78, 5) is 67.5. The number of aromatic nitrogens is 1. The van der Waals surface area contributed by atoms with Crippen molar-refractivity contribution in [2.45, 2.75) is 50.6 Å². The van der Waals surface area contributed by atoms with Crippen LogP contribution in [0.2, 0.25) is 0 Å². The quantitative estimate of drug-likeness (QED) is 0.234. The number of para-hydroxylation sites is 1. The Bertz CT molecular complexity index is 2180. The highest BCUT2D eigenvalue weighted by atomic mass is 16.3. The van der Waals surface area contributed by atoms with Crippen LogP contribution >= 0.6 is 0 Å². The van der Waals surface area contributed by atoms with Gasteiger partial charge in [-0.3, -0.25) is 19.3 Å². The SMILES string of the molecule is C=CCN1CC(=O)N2[C@@H](Cc3ccc(O)cc3)C(=O)N(Cc3cccc4c(C(=O)N5CCC(N6CCN(C)CC6)CC5)cn(C)c34)C[C@@H]2N1C(=O)NCc1ccccc1. The number of carbonyl (C=O) groups is 4. The summed E-state index contributed by atoms with van der Waals surface area (Å²) >= 11 is 0. The largest absolute Gasteiger partial charge is 0.508 e. The molecular weight excluding hydrogens is 747 g/mol. The second kappa shape index (κ2) is 17.3. The van der Waals surface area contributed by atoms with Gasteiger partial charge in [0.25, 0.3) is 5.91 Å². The van der Waals surface area contributed by atoms with Gasteiger partial charge in [0.2, 0.25) is 11.8 Å². The third-order valence-electron chi connectivity index (χ3n) is 12.5. The minimum atomic E-state index is -0.917. The fourth-order valence-corrected chi connectivity index (χ4v) is 9.40. The van der Waals surface area contributed by atoms with Crippen molar-refractivity contribution in [3.8, 4) is 5.75 Å². The molecule has 4 aliphatic heterocycles. The molecule has 14 nitrogen and oxygen atoms in total. The molecule has 4 saturated heterocycles. The monoisotopic (exact) mass is 801 g/mol. The number of likely N-dealkylation sites (tertiary alicyclic amines) is 1. The number of hydrogen-bond acceptors (Lipinski definition) is 8. The molecule has 14 heteroatoms. The maximum absolute atomic E-state index is 14.8. The molecule has 310 valence electrons. The van der Waals surface area contributed by atoms with E-state index in [9.17, 15) is 24.3 Å². The van der Waals surface area contributed by atoms with Crippen LogP contribution in [-0.2, 0) is 36.1 Å². The molecule has 0 unspecified atom stereocenters. The summed E-state index contributed by atoms with van der Waals surface area (Å²) in [5, 5.41) is 17.1. The van der Waals surface area contributed by atoms with Crippen LogP contribution in [-0.4, -0.2) is 152 Å². The maximum Gasteiger partial charge on any atom is 0.334 e. The Morgan fingerprint density at radius 1 is 0.881 bits per heavy atom. The number of aromatic hydroxyl groups is 1. The summed E-state index contributed by atoms with van der Waals surface area (Å²) in [7, 11) is 4.10. The molecule has 4 aromatic rings. The maximum atomic E-state index is 14.8. The standard InChI is InChI=1S/C45H55N9O5/c1-4-19-52-31-41(56)53-39(26-32-13-15-36(55)16-14-32)44(58)51(30-40(53)54(52)45(59)46-27-33-9-6-5-7-10-33)28-34-11-8-12-37-38(29-48(3)42(34)37)43(57)50-20-17-35(18-21-50)49-24-22-47(2)23-25-49/h4-16,29,35,39-40,55H,1,17-28,30-31H2,2-3H3,(H,46,59)/t39-,40-/m0/s1. The number of phenols is 1. The third-order valence-corrected chi connectivity index (χ3v) is 12.5. The Hall–Kier alpha value is -5.70. The molecule has 0 spiro atoms. The average molecular weight is 802 g/mol. The molecule has 1 aromatic heterocycles. The number of benzene rings is 3. The minimum Gasteiger partial charge on any atom is -0.508 e. The Balaban J connectivity index is 1.07. The zero-order chi connectivity index (χ0) is 41.2. The lowest BCUT2D eigenvalue weighted by Crippen LogP contribution is -2.76. The Morgan fingerprint density at radius 2 is 1.61 bits per heavy atom. The van der Waals surface area contributed by atoms with Crippen LogP contribution in [0.4, 0.5) is 4.79 Å². The highest BCUT2D eigenvalue weighted by Gasteiger charge is 2.51. The molecule has 3 aromatic carbocycles. The molecule has 5 amide bonds. The molecule has 2 atom stereocenters. The van der Waals surface area contributed by atoms with Crippen LogP contribution in [0.5, 0.6) is 5.75 Å². The van der Waals surface area contributed by atoms with Gasteiger partial charge in [-0.2, -0.15) is 0 Å². The van der Waals surface area contributed by atoms with Crippen LogP contribution in [0.25, 0.3) is 10.9 Å². The number of rotatable bonds is 10. The predicted octanol–water partition coefficient (Wildman–Crippen LogP) is 3.47. The van der Waals surface area contributed by atoms with Crippen molar-refractivity contribution in [2.75, 3.05) is 66.0 Å². The first-order valence-corrected chi connectivity index (χ1v) is 20.7. The molecule has 4 aliphatic rings. The minimum absolute atomic E-state index is 0.0171. The van der Waals surface area contributed by atoms with Crippen LogP contribution in [0.3, 0.4) is 0 Å². The second-order valence-corrected chi connectivity index (χ2v) is 16.3. The number of hydrogen-bond donors (Lipinski definition) is 2. The highest BCUT2D eigenvalue weighted by molar-refractivity contribution is 6.07. The lowest BCUT2D eigenvalue weighted by atomic mass is 9.98. The van der Waals surface area contributed by atoms with Gasteiger partial charge in [0, 0.05) is 90.0 Å². The van der Waals surface area contributed by atoms with E-state index < -0.39 is 18.2 Å². The number of nitrogens with zero attached hydrogens (tertiary/aromatic N) is 8. The molecule has 0 bridgehead atoms. The fourth-order valence-electron chi connectivity index (χ4n) is 9.40. The lowest BCUT2D eigenvalue weighted by molar-refractivity contribution is -0.189. The smallest absolute Gasteiger partial charge is 0.334 e. The van der Waals surface area contributed by atoms with Crippen molar-refractivity contribution in [1.82, 2.24) is 44.4 Å². The summed E-state index contributed by atoms with van der Waals surface area (Å²) < 4.78 is 1.98. The average Bonchev–Trinajstić information content (AvgIpc) is 3.59. The van der Waals surface area contributed by atoms with Crippen molar-refractivity contribution in [1.29, 1.82) is 0 Å². The van der Waals surface area contributed by atoms with Crippen LogP contribution in [0, 0.1) is 0 Å². The van der Waals surface area contributed by atoms with E-state index in [0.29, 0.717) is 24.7 Å². The molecular formula is C45H55N9O5. The van der Waals surface area contributed by atoms with Crippen molar-refractivity contribution in [3.05, 3.63) is 114 Å². The van der Waals surface area contributed by atoms with Gasteiger partial charge in [0.1, 0.15) is 18.0 Å². The van der Waals surface area contributed by atoms with E-state index in [0.717, 1.165) is 66.6 Å². The van der Waals surface area contributed by atoms with Gasteiger partial charge in [0.05, 0.1) is 24.2 Å². The van der Waals surface area contributed by atoms with Gasteiger partial charge in [-0.05, 0) is 48.7 Å². The van der Waals surface area contributed by atoms with E-state index >= 15 is 0 Å². The molecule has 5 heterocycles. The van der Waals surface area contributed by atoms with E-state index in [-0.39, 0.29) is 62.6 Å². The molecule has 0 saturated carbocycles. The third kappa shape index (κ3) is 8.30. The van der Waals surface area contributed by atoms with E-state index in [1.165, 1.54) is 0 Å². The number of likely N-dealkylation sites (N-methyl/N-ethyl adjacent to an activating group) is 1. The topological polar surface area (TPSA) is 128 Å². The number of amides is 5. The summed E-state index contributed by atoms with van der Waals surface area (Å²) in [6, 6.07) is 21.3. The molecule has 8 rings (SSSR count). The number of carbonyl (C=O) groups excluding carboxylic acids is 4. The van der Waals surface area contributed by atoms with Crippen molar-refractivity contribution < 1.29 is 24.3 Å². The summed E-state index contributed by atoms with van der Waals surface area (Å²) in [5.41, 5.74) is 4.05. The zero-order valence-electron chi connectivity index (χ0n) is 34.1. The number of hydrazine groups is 1. The predicted molar refractivity (Wildman–Crippen MR) is 225 cm³/mol. The van der Waals surface area contributed by atoms with Crippen LogP contribution < -0.4 is 5.32 Å². The number of phenolic OH excluding ortho intramolecular Hbond substituents is 1. The number of aryl methyl sites for hydroxylation is 1. The van der Waals surface area contributed by atoms with E-state index in [1.54, 1.807) is 50.2 Å². The molecule has 4 fully saturated rings. The lowest BCUT2D eigenvalue weighted by Gasteiger charge is -2.55. The number of nitrogens with one attached hydrogen (secondary N) is 1. The fraction of sp³-hybridized carbons (Fsp3) is 0.422. The molecule has 59 heavy (non-hydrogen) atoms. The van der Waals surface area contributed by atoms with Gasteiger partial charge in [-0.1, -0.05) is 66.7 Å². The Morgan fingerprint density at radius 3 is 2.32 bits per heavy atom. The van der Waals surface area contributed by atoms with Gasteiger partial charge in [-0.15, -0.1) is 6.58 Å². The van der Waals surface area contributed by atoms with Gasteiger partial charge in [-0.25, -0.2) is 14.8 Å². The molecule has 2 N–H and O–H groups in total. The van der Waals surface area contributed by atoms with Crippen LogP contribution in [0.15, 0.2) is 91.6 Å². The van der Waals surface area contributed by atoms with E-state index in [4.69, 9.17) is 0 Å². The summed E-state index contributed by atoms with van der Waals surface area (Å²) in [6.07, 6.45) is 4.86. The van der Waals surface area contributed by atoms with Gasteiger partial charge >= 0.3 is 6.03 Å². The molecule has 0 radical (unpaired) electrons. The van der Waals surface area contributed by atoms with Crippen molar-refractivity contribution >= 4 is 34.7 Å². The van der Waals surface area contributed by atoms with E-state index in [2.05, 4.69) is 28.7 Å². The van der Waals surface area contributed by atoms with E-state index in [1.807, 2.05) is 71.2 Å².